The summed E-state index contributed by atoms with van der Waals surface area (Å²) in [7, 11) is 0. The van der Waals surface area contributed by atoms with E-state index >= 15 is 0 Å². The smallest absolute Gasteiger partial charge is 0.306 e. The molecule has 0 N–H and O–H groups in total. The minimum absolute atomic E-state index is 0.125. The van der Waals surface area contributed by atoms with Gasteiger partial charge in [0, 0.05) is 18.8 Å². The Balaban J connectivity index is 1.59. The van der Waals surface area contributed by atoms with Crippen molar-refractivity contribution in [2.45, 2.75) is 25.7 Å². The highest BCUT2D eigenvalue weighted by Crippen LogP contribution is 2.04. The van der Waals surface area contributed by atoms with Gasteiger partial charge in [-0.2, -0.15) is 0 Å². The molecular weight excluding hydrogens is 250 g/mol. The lowest BCUT2D eigenvalue weighted by molar-refractivity contribution is -0.143. The van der Waals surface area contributed by atoms with E-state index in [2.05, 4.69) is 4.98 Å². The Hall–Kier alpha value is -2.16. The molecule has 0 saturated heterocycles. The van der Waals surface area contributed by atoms with Gasteiger partial charge in [0.05, 0.1) is 6.61 Å². The van der Waals surface area contributed by atoms with Crippen molar-refractivity contribution >= 4 is 5.97 Å². The summed E-state index contributed by atoms with van der Waals surface area (Å²) in [6.45, 7) is 0.475. The maximum absolute atomic E-state index is 11.6. The van der Waals surface area contributed by atoms with Crippen molar-refractivity contribution in [3.8, 4) is 0 Å². The molecule has 0 aliphatic carbocycles. The topological polar surface area (TPSA) is 39.2 Å². The number of carbonyl (C=O) groups excluding carboxylic acids is 1. The number of aromatic nitrogens is 1. The molecule has 0 spiro atoms. The molecule has 3 heteroatoms. The Kier molecular flexibility index (Phi) is 5.77. The van der Waals surface area contributed by atoms with Crippen molar-refractivity contribution in [2.75, 3.05) is 6.61 Å². The molecule has 0 fully saturated rings. The van der Waals surface area contributed by atoms with E-state index in [0.717, 1.165) is 19.3 Å². The van der Waals surface area contributed by atoms with Crippen LogP contribution in [0, 0.1) is 0 Å². The lowest BCUT2D eigenvalue weighted by atomic mass is 10.1. The van der Waals surface area contributed by atoms with Crippen molar-refractivity contribution in [3.05, 3.63) is 66.0 Å². The molecule has 20 heavy (non-hydrogen) atoms. The monoisotopic (exact) mass is 269 g/mol. The first-order valence-electron chi connectivity index (χ1n) is 6.93. The third-order valence-electron chi connectivity index (χ3n) is 3.06. The molecule has 0 radical (unpaired) electrons. The van der Waals surface area contributed by atoms with E-state index in [1.165, 1.54) is 11.1 Å². The van der Waals surface area contributed by atoms with Crippen LogP contribution in [0.15, 0.2) is 54.9 Å². The number of aryl methyl sites for hydroxylation is 2. The van der Waals surface area contributed by atoms with Gasteiger partial charge in [0.1, 0.15) is 0 Å². The van der Waals surface area contributed by atoms with E-state index < -0.39 is 0 Å². The predicted octanol–water partition coefficient (Wildman–Crippen LogP) is 3.19. The summed E-state index contributed by atoms with van der Waals surface area (Å²) in [5.74, 6) is -0.125. The van der Waals surface area contributed by atoms with Gasteiger partial charge in [-0.1, -0.05) is 36.4 Å². The van der Waals surface area contributed by atoms with Gasteiger partial charge in [-0.3, -0.25) is 9.78 Å². The quantitative estimate of drug-likeness (QED) is 0.572. The fraction of sp³-hybridized carbons (Fsp3) is 0.294. The summed E-state index contributed by atoms with van der Waals surface area (Å²) in [6.07, 6.45) is 6.51. The van der Waals surface area contributed by atoms with Crippen LogP contribution in [0.1, 0.15) is 24.0 Å². The fourth-order valence-electron chi connectivity index (χ4n) is 1.97. The van der Waals surface area contributed by atoms with E-state index in [1.807, 2.05) is 48.7 Å². The van der Waals surface area contributed by atoms with Crippen LogP contribution in [0.4, 0.5) is 0 Å². The van der Waals surface area contributed by atoms with Crippen LogP contribution in [0.3, 0.4) is 0 Å². The molecule has 0 aliphatic heterocycles. The molecule has 3 nitrogen and oxygen atoms in total. The molecule has 0 bridgehead atoms. The van der Waals surface area contributed by atoms with E-state index in [4.69, 9.17) is 4.74 Å². The highest BCUT2D eigenvalue weighted by atomic mass is 16.5. The first-order chi connectivity index (χ1) is 9.84. The van der Waals surface area contributed by atoms with Crippen LogP contribution in [-0.2, 0) is 22.4 Å². The Bertz CT molecular complexity index is 511. The maximum atomic E-state index is 11.6. The number of ether oxygens (including phenoxy) is 1. The maximum Gasteiger partial charge on any atom is 0.306 e. The molecule has 1 heterocycles. The summed E-state index contributed by atoms with van der Waals surface area (Å²) in [6, 6.07) is 13.9. The summed E-state index contributed by atoms with van der Waals surface area (Å²) in [5.41, 5.74) is 2.34. The third kappa shape index (κ3) is 5.22. The van der Waals surface area contributed by atoms with Crippen LogP contribution in [-0.4, -0.2) is 17.6 Å². The standard InChI is InChI=1S/C17H19NO2/c19-17(11-10-15-6-2-1-3-7-15)20-13-5-9-16-8-4-12-18-14-16/h1-4,6-8,12,14H,5,9-11,13H2. The number of benzene rings is 1. The first-order valence-corrected chi connectivity index (χ1v) is 6.93. The molecule has 0 aliphatic rings. The van der Waals surface area contributed by atoms with Crippen molar-refractivity contribution in [3.63, 3.8) is 0 Å². The predicted molar refractivity (Wildman–Crippen MR) is 78.3 cm³/mol. The zero-order valence-electron chi connectivity index (χ0n) is 11.5. The molecule has 2 aromatic rings. The van der Waals surface area contributed by atoms with Crippen molar-refractivity contribution in [1.29, 1.82) is 0 Å². The summed E-state index contributed by atoms with van der Waals surface area (Å²) < 4.78 is 5.23. The average molecular weight is 269 g/mol. The van der Waals surface area contributed by atoms with Gasteiger partial charge in [0.2, 0.25) is 0 Å². The van der Waals surface area contributed by atoms with Crippen LogP contribution in [0.2, 0.25) is 0 Å². The second kappa shape index (κ2) is 8.10. The van der Waals surface area contributed by atoms with Crippen LogP contribution >= 0.6 is 0 Å². The minimum atomic E-state index is -0.125. The average Bonchev–Trinajstić information content (AvgIpc) is 2.52. The number of pyridine rings is 1. The molecular formula is C17H19NO2. The Morgan fingerprint density at radius 1 is 1.00 bits per heavy atom. The van der Waals surface area contributed by atoms with Gasteiger partial charge in [-0.15, -0.1) is 0 Å². The van der Waals surface area contributed by atoms with Gasteiger partial charge in [-0.25, -0.2) is 0 Å². The molecule has 0 atom stereocenters. The first kappa shape index (κ1) is 14.3. The normalized spacial score (nSPS) is 10.2. The molecule has 0 saturated carbocycles. The largest absolute Gasteiger partial charge is 0.466 e. The molecule has 2 rings (SSSR count). The Labute approximate surface area is 119 Å². The van der Waals surface area contributed by atoms with E-state index in [0.29, 0.717) is 13.0 Å². The zero-order valence-corrected chi connectivity index (χ0v) is 11.5. The van der Waals surface area contributed by atoms with E-state index in [-0.39, 0.29) is 5.97 Å². The van der Waals surface area contributed by atoms with Gasteiger partial charge < -0.3 is 4.74 Å². The van der Waals surface area contributed by atoms with Crippen molar-refractivity contribution in [2.24, 2.45) is 0 Å². The lowest BCUT2D eigenvalue weighted by Gasteiger charge is -2.05. The van der Waals surface area contributed by atoms with E-state index in [1.54, 1.807) is 6.20 Å². The minimum Gasteiger partial charge on any atom is -0.466 e. The van der Waals surface area contributed by atoms with Crippen LogP contribution in [0.5, 0.6) is 0 Å². The molecule has 0 amide bonds. The number of esters is 1. The molecule has 1 aromatic heterocycles. The van der Waals surface area contributed by atoms with E-state index in [9.17, 15) is 4.79 Å². The summed E-state index contributed by atoms with van der Waals surface area (Å²) >= 11 is 0. The molecule has 0 unspecified atom stereocenters. The van der Waals surface area contributed by atoms with Gasteiger partial charge >= 0.3 is 5.97 Å². The Morgan fingerprint density at radius 2 is 1.80 bits per heavy atom. The number of nitrogens with zero attached hydrogens (tertiary/aromatic N) is 1. The van der Waals surface area contributed by atoms with Gasteiger partial charge in [-0.05, 0) is 36.5 Å². The van der Waals surface area contributed by atoms with Crippen LogP contribution in [0.25, 0.3) is 0 Å². The Morgan fingerprint density at radius 3 is 2.55 bits per heavy atom. The van der Waals surface area contributed by atoms with Gasteiger partial charge in [0.25, 0.3) is 0 Å². The summed E-state index contributed by atoms with van der Waals surface area (Å²) in [4.78, 5) is 15.6. The lowest BCUT2D eigenvalue weighted by Crippen LogP contribution is -2.07. The highest BCUT2D eigenvalue weighted by Gasteiger charge is 2.03. The number of hydrogen-bond acceptors (Lipinski definition) is 3. The summed E-state index contributed by atoms with van der Waals surface area (Å²) in [5, 5.41) is 0. The van der Waals surface area contributed by atoms with Crippen molar-refractivity contribution in [1.82, 2.24) is 4.98 Å². The fourth-order valence-corrected chi connectivity index (χ4v) is 1.97. The third-order valence-corrected chi connectivity index (χ3v) is 3.06. The second-order valence-electron chi connectivity index (χ2n) is 4.67. The second-order valence-corrected chi connectivity index (χ2v) is 4.67. The van der Waals surface area contributed by atoms with Gasteiger partial charge in [0.15, 0.2) is 0 Å². The highest BCUT2D eigenvalue weighted by molar-refractivity contribution is 5.69. The number of hydrogen-bond donors (Lipinski definition) is 0. The number of carbonyl (C=O) groups is 1. The SMILES string of the molecule is O=C(CCc1ccccc1)OCCCc1cccnc1. The number of rotatable bonds is 7. The molecule has 1 aromatic carbocycles. The zero-order chi connectivity index (χ0) is 14.0. The van der Waals surface area contributed by atoms with Crippen molar-refractivity contribution < 1.29 is 9.53 Å². The molecule has 104 valence electrons. The van der Waals surface area contributed by atoms with Crippen LogP contribution < -0.4 is 0 Å².